The van der Waals surface area contributed by atoms with Crippen molar-refractivity contribution in [3.8, 4) is 0 Å². The number of esters is 4. The van der Waals surface area contributed by atoms with Crippen LogP contribution >= 0.6 is 0 Å². The predicted octanol–water partition coefficient (Wildman–Crippen LogP) is 12.4. The average Bonchev–Trinajstić information content (AvgIpc) is 3.24. The first kappa shape index (κ1) is 59.3. The lowest BCUT2D eigenvalue weighted by atomic mass is 9.98. The van der Waals surface area contributed by atoms with E-state index in [9.17, 15) is 24.0 Å². The number of hydrogen-bond acceptors (Lipinski definition) is 11. The molecule has 1 fully saturated rings. The van der Waals surface area contributed by atoms with Crippen LogP contribution in [0.15, 0.2) is 0 Å². The molecule has 1 amide bonds. The molecular weight excluding hydrogens is 815 g/mol. The van der Waals surface area contributed by atoms with Crippen molar-refractivity contribution in [2.75, 3.05) is 26.3 Å². The summed E-state index contributed by atoms with van der Waals surface area (Å²) in [6.07, 6.45) is 33.6. The van der Waals surface area contributed by atoms with E-state index in [4.69, 9.17) is 28.4 Å². The summed E-state index contributed by atoms with van der Waals surface area (Å²) in [4.78, 5) is 64.0. The van der Waals surface area contributed by atoms with E-state index in [-0.39, 0.29) is 25.7 Å². The Hall–Kier alpha value is -2.73. The fourth-order valence-corrected chi connectivity index (χ4v) is 8.62. The standard InChI is InChI=1S/C52H95NO11/c1-7-9-11-13-15-17-19-21-23-25-27-29-31-33-35-37-39-53(48(58)38-36-34-32-30-28-26-24-22-20-18-16-14-12-10-8-2)40-41-59-52-51(63-46(6)57)50(62-45(5)56)49(61-44(4)55)47(64-52)42-60-43(3)54/h47,49-52H,7-42H2,1-6H3/t47-,49+,50+,51-,52-/m1/s1. The van der Waals surface area contributed by atoms with Gasteiger partial charge in [0.25, 0.3) is 0 Å². The zero-order valence-corrected chi connectivity index (χ0v) is 41.8. The maximum absolute atomic E-state index is 13.7. The lowest BCUT2D eigenvalue weighted by Crippen LogP contribution is -2.63. The Morgan fingerprint density at radius 3 is 1.17 bits per heavy atom. The van der Waals surface area contributed by atoms with Crippen LogP contribution in [0.25, 0.3) is 0 Å². The lowest BCUT2D eigenvalue weighted by molar-refractivity contribution is -0.308. The number of ether oxygens (including phenoxy) is 6. The monoisotopic (exact) mass is 910 g/mol. The number of hydrogen-bond donors (Lipinski definition) is 0. The summed E-state index contributed by atoms with van der Waals surface area (Å²) in [5.41, 5.74) is 0. The molecule has 1 rings (SSSR count). The van der Waals surface area contributed by atoms with Crippen molar-refractivity contribution in [3.05, 3.63) is 0 Å². The van der Waals surface area contributed by atoms with Crippen molar-refractivity contribution in [2.45, 2.75) is 278 Å². The lowest BCUT2D eigenvalue weighted by Gasteiger charge is -2.44. The van der Waals surface area contributed by atoms with E-state index in [1.165, 1.54) is 188 Å². The van der Waals surface area contributed by atoms with Gasteiger partial charge in [0.05, 0.1) is 6.61 Å². The van der Waals surface area contributed by atoms with E-state index in [1.54, 1.807) is 0 Å². The molecule has 0 aromatic carbocycles. The molecule has 0 bridgehead atoms. The Kier molecular flexibility index (Phi) is 37.6. The molecule has 12 nitrogen and oxygen atoms in total. The smallest absolute Gasteiger partial charge is 0.303 e. The summed E-state index contributed by atoms with van der Waals surface area (Å²) in [6, 6.07) is 0. The number of rotatable bonds is 42. The van der Waals surface area contributed by atoms with Crippen LogP contribution in [0.4, 0.5) is 0 Å². The summed E-state index contributed by atoms with van der Waals surface area (Å²) in [6.45, 7) is 9.92. The molecule has 0 unspecified atom stereocenters. The van der Waals surface area contributed by atoms with Gasteiger partial charge in [-0.25, -0.2) is 0 Å². The largest absolute Gasteiger partial charge is 0.463 e. The molecule has 0 saturated carbocycles. The predicted molar refractivity (Wildman–Crippen MR) is 254 cm³/mol. The SMILES string of the molecule is CCCCCCCCCCCCCCCCCCN(CCO[C@@H]1O[C@H](COC(C)=O)[C@H](OC(C)=O)[C@H](OC(C)=O)[C@H]1OC(C)=O)C(=O)CCCCCCCCCCCCCCCCC. The molecule has 374 valence electrons. The quantitative estimate of drug-likeness (QED) is 0.0328. The highest BCUT2D eigenvalue weighted by molar-refractivity contribution is 5.76. The van der Waals surface area contributed by atoms with E-state index in [0.29, 0.717) is 13.0 Å². The number of carbonyl (C=O) groups is 5. The van der Waals surface area contributed by atoms with Gasteiger partial charge in [0.2, 0.25) is 5.91 Å². The molecule has 0 N–H and O–H groups in total. The second-order valence-corrected chi connectivity index (χ2v) is 18.3. The molecule has 1 aliphatic rings. The van der Waals surface area contributed by atoms with Crippen LogP contribution in [0.3, 0.4) is 0 Å². The summed E-state index contributed by atoms with van der Waals surface area (Å²) in [7, 11) is 0. The van der Waals surface area contributed by atoms with Crippen LogP contribution in [0, 0.1) is 0 Å². The second kappa shape index (κ2) is 40.5. The first-order valence-corrected chi connectivity index (χ1v) is 26.2. The Morgan fingerprint density at radius 1 is 0.422 bits per heavy atom. The number of nitrogens with zero attached hydrogens (tertiary/aromatic N) is 1. The van der Waals surface area contributed by atoms with Gasteiger partial charge in [-0.1, -0.05) is 200 Å². The van der Waals surface area contributed by atoms with Gasteiger partial charge in [-0.05, 0) is 12.8 Å². The third kappa shape index (κ3) is 32.0. The first-order valence-electron chi connectivity index (χ1n) is 26.2. The van der Waals surface area contributed by atoms with Gasteiger partial charge < -0.3 is 33.3 Å². The normalized spacial score (nSPS) is 18.4. The van der Waals surface area contributed by atoms with Crippen molar-refractivity contribution in [2.24, 2.45) is 0 Å². The van der Waals surface area contributed by atoms with Gasteiger partial charge in [0.1, 0.15) is 12.7 Å². The molecule has 0 aromatic rings. The van der Waals surface area contributed by atoms with Crippen LogP contribution in [0.5, 0.6) is 0 Å². The minimum atomic E-state index is -1.31. The van der Waals surface area contributed by atoms with Crippen LogP contribution in [0.2, 0.25) is 0 Å². The fraction of sp³-hybridized carbons (Fsp3) is 0.904. The Balaban J connectivity index is 2.73. The maximum atomic E-state index is 13.7. The molecule has 0 aromatic heterocycles. The summed E-state index contributed by atoms with van der Waals surface area (Å²) in [5.74, 6) is -2.60. The highest BCUT2D eigenvalue weighted by Crippen LogP contribution is 2.30. The highest BCUT2D eigenvalue weighted by atomic mass is 16.7. The van der Waals surface area contributed by atoms with E-state index in [0.717, 1.165) is 38.5 Å². The Labute approximate surface area is 390 Å². The molecule has 64 heavy (non-hydrogen) atoms. The number of carbonyl (C=O) groups excluding carboxylic acids is 5. The average molecular weight is 910 g/mol. The third-order valence-corrected chi connectivity index (χ3v) is 12.2. The summed E-state index contributed by atoms with van der Waals surface area (Å²) >= 11 is 0. The van der Waals surface area contributed by atoms with Gasteiger partial charge in [-0.15, -0.1) is 0 Å². The maximum Gasteiger partial charge on any atom is 0.303 e. The van der Waals surface area contributed by atoms with Gasteiger partial charge >= 0.3 is 23.9 Å². The third-order valence-electron chi connectivity index (χ3n) is 12.2. The van der Waals surface area contributed by atoms with E-state index in [2.05, 4.69) is 13.8 Å². The second-order valence-electron chi connectivity index (χ2n) is 18.3. The van der Waals surface area contributed by atoms with Gasteiger partial charge in [0, 0.05) is 47.2 Å². The minimum Gasteiger partial charge on any atom is -0.463 e. The summed E-state index contributed by atoms with van der Waals surface area (Å²) < 4.78 is 34.1. The van der Waals surface area contributed by atoms with Crippen LogP contribution in [-0.2, 0) is 52.4 Å². The minimum absolute atomic E-state index is 0.0389. The zero-order valence-electron chi connectivity index (χ0n) is 41.8. The van der Waals surface area contributed by atoms with Gasteiger partial charge in [-0.3, -0.25) is 24.0 Å². The van der Waals surface area contributed by atoms with Crippen LogP contribution < -0.4 is 0 Å². The molecule has 1 heterocycles. The van der Waals surface area contributed by atoms with E-state index >= 15 is 0 Å². The first-order chi connectivity index (χ1) is 31.0. The molecule has 0 radical (unpaired) electrons. The number of unbranched alkanes of at least 4 members (excludes halogenated alkanes) is 29. The van der Waals surface area contributed by atoms with Crippen molar-refractivity contribution in [1.29, 1.82) is 0 Å². The molecule has 0 aliphatic carbocycles. The highest BCUT2D eigenvalue weighted by Gasteiger charge is 2.52. The molecule has 12 heteroatoms. The van der Waals surface area contributed by atoms with Crippen molar-refractivity contribution in [1.82, 2.24) is 4.90 Å². The van der Waals surface area contributed by atoms with Crippen molar-refractivity contribution >= 4 is 29.8 Å². The molecule has 1 saturated heterocycles. The van der Waals surface area contributed by atoms with E-state index in [1.807, 2.05) is 4.90 Å². The molecule has 0 spiro atoms. The fourth-order valence-electron chi connectivity index (χ4n) is 8.62. The van der Waals surface area contributed by atoms with Gasteiger partial charge in [-0.2, -0.15) is 0 Å². The van der Waals surface area contributed by atoms with Crippen molar-refractivity contribution < 1.29 is 52.4 Å². The molecule has 5 atom stereocenters. The number of amides is 1. The zero-order chi connectivity index (χ0) is 47.0. The van der Waals surface area contributed by atoms with Gasteiger partial charge in [0.15, 0.2) is 24.6 Å². The Morgan fingerprint density at radius 2 is 0.781 bits per heavy atom. The van der Waals surface area contributed by atoms with Crippen LogP contribution in [0.1, 0.15) is 247 Å². The van der Waals surface area contributed by atoms with Crippen LogP contribution in [-0.4, -0.2) is 91.7 Å². The molecule has 1 aliphatic heterocycles. The molecular formula is C52H95NO11. The Bertz CT molecular complexity index is 1200. The van der Waals surface area contributed by atoms with E-state index < -0.39 is 54.6 Å². The topological polar surface area (TPSA) is 144 Å². The summed E-state index contributed by atoms with van der Waals surface area (Å²) in [5, 5.41) is 0. The van der Waals surface area contributed by atoms with Crippen molar-refractivity contribution in [3.63, 3.8) is 0 Å².